The molecular weight excluding hydrogens is 352 g/mol. The number of aromatic nitrogens is 5. The van der Waals surface area contributed by atoms with E-state index in [4.69, 9.17) is 0 Å². The maximum atomic E-state index is 12.7. The Labute approximate surface area is 163 Å². The first-order valence-electron chi connectivity index (χ1n) is 9.45. The normalized spacial score (nSPS) is 11.5. The van der Waals surface area contributed by atoms with Gasteiger partial charge in [-0.1, -0.05) is 6.07 Å². The molecular formula is C21H24N6O. The van der Waals surface area contributed by atoms with E-state index in [-0.39, 0.29) is 11.9 Å². The average Bonchev–Trinajstić information content (AvgIpc) is 3.40. The van der Waals surface area contributed by atoms with Crippen LogP contribution < -0.4 is 0 Å². The molecule has 0 radical (unpaired) electrons. The topological polar surface area (TPSA) is 60.4 Å². The Hall–Kier alpha value is -3.35. The van der Waals surface area contributed by atoms with Gasteiger partial charge in [0, 0.05) is 54.9 Å². The van der Waals surface area contributed by atoms with E-state index in [1.807, 2.05) is 63.4 Å². The maximum Gasteiger partial charge on any atom is 0.274 e. The molecule has 0 saturated carbocycles. The van der Waals surface area contributed by atoms with Crippen LogP contribution in [0.4, 0.5) is 0 Å². The van der Waals surface area contributed by atoms with Crippen LogP contribution in [-0.2, 0) is 7.05 Å². The molecule has 28 heavy (non-hydrogen) atoms. The van der Waals surface area contributed by atoms with Gasteiger partial charge in [-0.05, 0) is 45.0 Å². The Morgan fingerprint density at radius 3 is 2.57 bits per heavy atom. The van der Waals surface area contributed by atoms with Crippen molar-refractivity contribution in [3.8, 4) is 16.9 Å². The SMILES string of the molecule is CCN(C(=O)c1ccn(-c2ccc3ccc(-c4cnn(C)c4)cn23)n1)C(C)C. The summed E-state index contributed by atoms with van der Waals surface area (Å²) in [6, 6.07) is 10.1. The Balaban J connectivity index is 1.72. The van der Waals surface area contributed by atoms with Gasteiger partial charge in [0.15, 0.2) is 5.69 Å². The molecule has 7 nitrogen and oxygen atoms in total. The highest BCUT2D eigenvalue weighted by Gasteiger charge is 2.20. The van der Waals surface area contributed by atoms with E-state index in [9.17, 15) is 4.79 Å². The Morgan fingerprint density at radius 2 is 1.89 bits per heavy atom. The number of nitrogens with zero attached hydrogens (tertiary/aromatic N) is 6. The minimum Gasteiger partial charge on any atom is -0.335 e. The van der Waals surface area contributed by atoms with Crippen molar-refractivity contribution >= 4 is 11.4 Å². The monoisotopic (exact) mass is 376 g/mol. The van der Waals surface area contributed by atoms with Crippen molar-refractivity contribution in [2.45, 2.75) is 26.8 Å². The summed E-state index contributed by atoms with van der Waals surface area (Å²) < 4.78 is 5.61. The molecule has 0 N–H and O–H groups in total. The summed E-state index contributed by atoms with van der Waals surface area (Å²) in [4.78, 5) is 14.5. The van der Waals surface area contributed by atoms with Crippen LogP contribution in [0.25, 0.3) is 22.5 Å². The van der Waals surface area contributed by atoms with E-state index in [1.165, 1.54) is 0 Å². The summed E-state index contributed by atoms with van der Waals surface area (Å²) in [5.41, 5.74) is 3.63. The van der Waals surface area contributed by atoms with E-state index in [0.717, 1.165) is 22.5 Å². The van der Waals surface area contributed by atoms with Crippen molar-refractivity contribution in [1.82, 2.24) is 28.9 Å². The lowest BCUT2D eigenvalue weighted by atomic mass is 10.1. The molecule has 0 aliphatic heterocycles. The summed E-state index contributed by atoms with van der Waals surface area (Å²) >= 11 is 0. The van der Waals surface area contributed by atoms with Crippen molar-refractivity contribution in [2.24, 2.45) is 7.05 Å². The number of carbonyl (C=O) groups excluding carboxylic acids is 1. The summed E-state index contributed by atoms with van der Waals surface area (Å²) in [6.07, 6.45) is 7.73. The maximum absolute atomic E-state index is 12.7. The van der Waals surface area contributed by atoms with Crippen LogP contribution in [0.3, 0.4) is 0 Å². The molecule has 0 spiro atoms. The van der Waals surface area contributed by atoms with Gasteiger partial charge in [0.1, 0.15) is 5.82 Å². The van der Waals surface area contributed by atoms with Crippen LogP contribution >= 0.6 is 0 Å². The highest BCUT2D eigenvalue weighted by atomic mass is 16.2. The zero-order valence-corrected chi connectivity index (χ0v) is 16.6. The Morgan fingerprint density at radius 1 is 1.11 bits per heavy atom. The molecule has 0 atom stereocenters. The van der Waals surface area contributed by atoms with Crippen LogP contribution in [0, 0.1) is 0 Å². The molecule has 0 unspecified atom stereocenters. The lowest BCUT2D eigenvalue weighted by molar-refractivity contribution is 0.0710. The number of aryl methyl sites for hydroxylation is 1. The van der Waals surface area contributed by atoms with Gasteiger partial charge in [-0.2, -0.15) is 10.2 Å². The van der Waals surface area contributed by atoms with Gasteiger partial charge in [0.05, 0.1) is 6.20 Å². The van der Waals surface area contributed by atoms with Crippen LogP contribution in [0.1, 0.15) is 31.3 Å². The van der Waals surface area contributed by atoms with Crippen molar-refractivity contribution in [3.63, 3.8) is 0 Å². The van der Waals surface area contributed by atoms with Gasteiger partial charge < -0.3 is 9.30 Å². The second-order valence-electron chi connectivity index (χ2n) is 7.14. The predicted molar refractivity (Wildman–Crippen MR) is 109 cm³/mol. The summed E-state index contributed by atoms with van der Waals surface area (Å²) in [6.45, 7) is 6.67. The third kappa shape index (κ3) is 3.09. The molecule has 144 valence electrons. The second-order valence-corrected chi connectivity index (χ2v) is 7.14. The average molecular weight is 376 g/mol. The lowest BCUT2D eigenvalue weighted by Gasteiger charge is -2.23. The first kappa shape index (κ1) is 18.0. The van der Waals surface area contributed by atoms with Crippen LogP contribution in [-0.4, -0.2) is 47.4 Å². The quantitative estimate of drug-likeness (QED) is 0.536. The van der Waals surface area contributed by atoms with Crippen molar-refractivity contribution in [2.75, 3.05) is 6.54 Å². The fraction of sp³-hybridized carbons (Fsp3) is 0.286. The van der Waals surface area contributed by atoms with E-state index in [0.29, 0.717) is 12.2 Å². The van der Waals surface area contributed by atoms with E-state index in [2.05, 4.69) is 32.9 Å². The standard InChI is InChI=1S/C21H24N6O/c1-5-25(15(2)3)21(28)19-10-11-27(23-19)20-9-8-18-7-6-16(14-26(18)20)17-12-22-24(4)13-17/h6-15H,5H2,1-4H3. The van der Waals surface area contributed by atoms with Crippen LogP contribution in [0.5, 0.6) is 0 Å². The zero-order chi connectivity index (χ0) is 19.8. The van der Waals surface area contributed by atoms with Crippen molar-refractivity contribution < 1.29 is 4.79 Å². The summed E-state index contributed by atoms with van der Waals surface area (Å²) in [5.74, 6) is 0.834. The number of carbonyl (C=O) groups is 1. The Kier molecular flexibility index (Phi) is 4.50. The van der Waals surface area contributed by atoms with E-state index in [1.54, 1.807) is 15.4 Å². The van der Waals surface area contributed by atoms with Crippen molar-refractivity contribution in [1.29, 1.82) is 0 Å². The molecule has 4 rings (SSSR count). The van der Waals surface area contributed by atoms with Crippen LogP contribution in [0.2, 0.25) is 0 Å². The van der Waals surface area contributed by atoms with Crippen LogP contribution in [0.15, 0.2) is 55.1 Å². The number of amides is 1. The van der Waals surface area contributed by atoms with Gasteiger partial charge in [-0.3, -0.25) is 9.48 Å². The Bertz CT molecular complexity index is 1130. The van der Waals surface area contributed by atoms with Gasteiger partial charge >= 0.3 is 0 Å². The van der Waals surface area contributed by atoms with E-state index >= 15 is 0 Å². The number of pyridine rings is 1. The molecule has 1 amide bonds. The molecule has 7 heteroatoms. The first-order chi connectivity index (χ1) is 13.5. The molecule has 0 fully saturated rings. The highest BCUT2D eigenvalue weighted by molar-refractivity contribution is 5.92. The zero-order valence-electron chi connectivity index (χ0n) is 16.6. The molecule has 4 aromatic heterocycles. The highest BCUT2D eigenvalue weighted by Crippen LogP contribution is 2.22. The predicted octanol–water partition coefficient (Wildman–Crippen LogP) is 3.40. The lowest BCUT2D eigenvalue weighted by Crippen LogP contribution is -2.37. The summed E-state index contributed by atoms with van der Waals surface area (Å²) in [7, 11) is 1.90. The van der Waals surface area contributed by atoms with Gasteiger partial charge in [-0.25, -0.2) is 4.68 Å². The number of hydrogen-bond acceptors (Lipinski definition) is 3. The molecule has 0 aliphatic carbocycles. The first-order valence-corrected chi connectivity index (χ1v) is 9.45. The van der Waals surface area contributed by atoms with Crippen molar-refractivity contribution in [3.05, 3.63) is 60.8 Å². The molecule has 4 aromatic rings. The largest absolute Gasteiger partial charge is 0.335 e. The smallest absolute Gasteiger partial charge is 0.274 e. The number of rotatable bonds is 5. The number of fused-ring (bicyclic) bond motifs is 1. The molecule has 0 bridgehead atoms. The third-order valence-electron chi connectivity index (χ3n) is 4.94. The fourth-order valence-corrected chi connectivity index (χ4v) is 3.47. The molecule has 0 saturated heterocycles. The van der Waals surface area contributed by atoms with Gasteiger partial charge in [-0.15, -0.1) is 0 Å². The minimum atomic E-state index is -0.0480. The molecule has 0 aromatic carbocycles. The minimum absolute atomic E-state index is 0.0480. The summed E-state index contributed by atoms with van der Waals surface area (Å²) in [5, 5.41) is 8.80. The molecule has 4 heterocycles. The number of hydrogen-bond donors (Lipinski definition) is 0. The fourth-order valence-electron chi connectivity index (χ4n) is 3.47. The third-order valence-corrected chi connectivity index (χ3v) is 4.94. The van der Waals surface area contributed by atoms with Gasteiger partial charge in [0.2, 0.25) is 0 Å². The second kappa shape index (κ2) is 6.99. The van der Waals surface area contributed by atoms with Gasteiger partial charge in [0.25, 0.3) is 5.91 Å². The molecule has 0 aliphatic rings. The van der Waals surface area contributed by atoms with E-state index < -0.39 is 0 Å².